The summed E-state index contributed by atoms with van der Waals surface area (Å²) in [5.41, 5.74) is 9.47. The molecular weight excluding hydrogens is 248 g/mol. The summed E-state index contributed by atoms with van der Waals surface area (Å²) in [5, 5.41) is 1.15. The minimum atomic E-state index is 0.509. The van der Waals surface area contributed by atoms with Crippen LogP contribution in [0.3, 0.4) is 0 Å². The summed E-state index contributed by atoms with van der Waals surface area (Å²) in [5.74, 6) is 0. The molecule has 2 aromatic carbocycles. The number of para-hydroxylation sites is 1. The Balaban J connectivity index is 1.63. The molecule has 0 spiro atoms. The van der Waals surface area contributed by atoms with Gasteiger partial charge in [-0.05, 0) is 29.8 Å². The van der Waals surface area contributed by atoms with Crippen molar-refractivity contribution in [2.24, 2.45) is 0 Å². The minimum absolute atomic E-state index is 0.509. The molecule has 1 heterocycles. The van der Waals surface area contributed by atoms with E-state index in [9.17, 15) is 0 Å². The van der Waals surface area contributed by atoms with Crippen molar-refractivity contribution < 1.29 is 4.74 Å². The Kier molecular flexibility index (Phi) is 3.61. The van der Waals surface area contributed by atoms with Crippen molar-refractivity contribution in [3.63, 3.8) is 0 Å². The summed E-state index contributed by atoms with van der Waals surface area (Å²) in [6.07, 6.45) is 0. The van der Waals surface area contributed by atoms with E-state index in [-0.39, 0.29) is 0 Å². The van der Waals surface area contributed by atoms with Crippen LogP contribution < -0.4 is 5.73 Å². The first kappa shape index (κ1) is 12.6. The maximum atomic E-state index is 5.69. The molecule has 3 nitrogen and oxygen atoms in total. The number of fused-ring (bicyclic) bond motifs is 1. The summed E-state index contributed by atoms with van der Waals surface area (Å²) < 4.78 is 5.69. The average Bonchev–Trinajstić information content (AvgIpc) is 2.49. The van der Waals surface area contributed by atoms with Gasteiger partial charge in [0, 0.05) is 11.1 Å². The molecule has 3 rings (SSSR count). The smallest absolute Gasteiger partial charge is 0.0892 e. The molecule has 20 heavy (non-hydrogen) atoms. The van der Waals surface area contributed by atoms with Crippen LogP contribution in [0.1, 0.15) is 11.3 Å². The Labute approximate surface area is 118 Å². The standard InChI is InChI=1S/C17H16N2O/c18-15-8-5-13(6-9-15)11-20-12-16-10-7-14-3-1-2-4-17(14)19-16/h1-10H,11-12,18H2. The van der Waals surface area contributed by atoms with Gasteiger partial charge in [0.1, 0.15) is 0 Å². The van der Waals surface area contributed by atoms with Crippen LogP contribution in [0.4, 0.5) is 5.69 Å². The van der Waals surface area contributed by atoms with Crippen LogP contribution in [0.15, 0.2) is 60.7 Å². The highest BCUT2D eigenvalue weighted by molar-refractivity contribution is 5.78. The molecule has 0 saturated heterocycles. The van der Waals surface area contributed by atoms with Crippen LogP contribution in [0.25, 0.3) is 10.9 Å². The van der Waals surface area contributed by atoms with Crippen LogP contribution in [0.5, 0.6) is 0 Å². The molecule has 2 N–H and O–H groups in total. The van der Waals surface area contributed by atoms with Gasteiger partial charge in [-0.1, -0.05) is 36.4 Å². The number of ether oxygens (including phenoxy) is 1. The number of rotatable bonds is 4. The molecular formula is C17H16N2O. The van der Waals surface area contributed by atoms with Crippen molar-refractivity contribution in [2.45, 2.75) is 13.2 Å². The highest BCUT2D eigenvalue weighted by Gasteiger charge is 1.99. The second kappa shape index (κ2) is 5.72. The van der Waals surface area contributed by atoms with Crippen LogP contribution in [-0.4, -0.2) is 4.98 Å². The first-order valence-corrected chi connectivity index (χ1v) is 6.58. The molecule has 0 unspecified atom stereocenters. The predicted molar refractivity (Wildman–Crippen MR) is 81.1 cm³/mol. The third-order valence-corrected chi connectivity index (χ3v) is 3.15. The maximum absolute atomic E-state index is 5.69. The molecule has 0 aliphatic rings. The van der Waals surface area contributed by atoms with E-state index in [1.54, 1.807) is 0 Å². The Bertz CT molecular complexity index is 708. The average molecular weight is 264 g/mol. The minimum Gasteiger partial charge on any atom is -0.399 e. The quantitative estimate of drug-likeness (QED) is 0.733. The SMILES string of the molecule is Nc1ccc(COCc2ccc3ccccc3n2)cc1. The summed E-state index contributed by atoms with van der Waals surface area (Å²) >= 11 is 0. The lowest BCUT2D eigenvalue weighted by Gasteiger charge is -2.05. The molecule has 0 atom stereocenters. The van der Waals surface area contributed by atoms with Crippen molar-refractivity contribution in [3.8, 4) is 0 Å². The number of nitrogens with zero attached hydrogens (tertiary/aromatic N) is 1. The van der Waals surface area contributed by atoms with E-state index in [1.165, 1.54) is 0 Å². The van der Waals surface area contributed by atoms with Crippen molar-refractivity contribution in [2.75, 3.05) is 5.73 Å². The van der Waals surface area contributed by atoms with E-state index in [4.69, 9.17) is 10.5 Å². The molecule has 0 aliphatic heterocycles. The molecule has 100 valence electrons. The topological polar surface area (TPSA) is 48.1 Å². The third kappa shape index (κ3) is 2.95. The van der Waals surface area contributed by atoms with Crippen LogP contribution >= 0.6 is 0 Å². The van der Waals surface area contributed by atoms with Gasteiger partial charge in [0.2, 0.25) is 0 Å². The Morgan fingerprint density at radius 3 is 2.50 bits per heavy atom. The van der Waals surface area contributed by atoms with E-state index in [0.29, 0.717) is 13.2 Å². The van der Waals surface area contributed by atoms with Gasteiger partial charge >= 0.3 is 0 Å². The lowest BCUT2D eigenvalue weighted by Crippen LogP contribution is -1.97. The van der Waals surface area contributed by atoms with Gasteiger partial charge in [0.15, 0.2) is 0 Å². The number of hydrogen-bond donors (Lipinski definition) is 1. The Morgan fingerprint density at radius 2 is 1.65 bits per heavy atom. The second-order valence-corrected chi connectivity index (χ2v) is 4.73. The van der Waals surface area contributed by atoms with Gasteiger partial charge in [0.25, 0.3) is 0 Å². The van der Waals surface area contributed by atoms with E-state index >= 15 is 0 Å². The third-order valence-electron chi connectivity index (χ3n) is 3.15. The van der Waals surface area contributed by atoms with Crippen molar-refractivity contribution in [3.05, 3.63) is 71.9 Å². The van der Waals surface area contributed by atoms with Crippen LogP contribution in [0, 0.1) is 0 Å². The Morgan fingerprint density at radius 1 is 0.850 bits per heavy atom. The zero-order chi connectivity index (χ0) is 13.8. The molecule has 0 saturated carbocycles. The first-order chi connectivity index (χ1) is 9.81. The van der Waals surface area contributed by atoms with Crippen molar-refractivity contribution >= 4 is 16.6 Å². The molecule has 0 radical (unpaired) electrons. The van der Waals surface area contributed by atoms with Gasteiger partial charge in [-0.3, -0.25) is 4.98 Å². The number of nitrogen functional groups attached to an aromatic ring is 1. The van der Waals surface area contributed by atoms with Crippen molar-refractivity contribution in [1.29, 1.82) is 0 Å². The number of benzene rings is 2. The fourth-order valence-corrected chi connectivity index (χ4v) is 2.08. The number of hydrogen-bond acceptors (Lipinski definition) is 3. The molecule has 3 heteroatoms. The number of pyridine rings is 1. The monoisotopic (exact) mass is 264 g/mol. The van der Waals surface area contributed by atoms with Crippen LogP contribution in [0.2, 0.25) is 0 Å². The molecule has 3 aromatic rings. The van der Waals surface area contributed by atoms with Crippen LogP contribution in [-0.2, 0) is 18.0 Å². The zero-order valence-corrected chi connectivity index (χ0v) is 11.1. The molecule has 1 aromatic heterocycles. The fraction of sp³-hybridized carbons (Fsp3) is 0.118. The van der Waals surface area contributed by atoms with Gasteiger partial charge in [-0.15, -0.1) is 0 Å². The summed E-state index contributed by atoms with van der Waals surface area (Å²) in [4.78, 5) is 4.58. The number of nitrogens with two attached hydrogens (primary N) is 1. The molecule has 0 aliphatic carbocycles. The summed E-state index contributed by atoms with van der Waals surface area (Å²) in [6, 6.07) is 19.9. The highest BCUT2D eigenvalue weighted by atomic mass is 16.5. The van der Waals surface area contributed by atoms with Gasteiger partial charge in [0.05, 0.1) is 24.4 Å². The van der Waals surface area contributed by atoms with Gasteiger partial charge < -0.3 is 10.5 Å². The summed E-state index contributed by atoms with van der Waals surface area (Å²) in [7, 11) is 0. The number of aromatic nitrogens is 1. The normalized spacial score (nSPS) is 10.8. The fourth-order valence-electron chi connectivity index (χ4n) is 2.08. The van der Waals surface area contributed by atoms with E-state index < -0.39 is 0 Å². The van der Waals surface area contributed by atoms with E-state index in [2.05, 4.69) is 17.1 Å². The van der Waals surface area contributed by atoms with E-state index in [1.807, 2.05) is 48.5 Å². The predicted octanol–water partition coefficient (Wildman–Crippen LogP) is 3.53. The van der Waals surface area contributed by atoms with Gasteiger partial charge in [-0.2, -0.15) is 0 Å². The lowest BCUT2D eigenvalue weighted by atomic mass is 10.2. The Hall–Kier alpha value is -2.39. The molecule has 0 fully saturated rings. The highest BCUT2D eigenvalue weighted by Crippen LogP contribution is 2.13. The molecule has 0 amide bonds. The summed E-state index contributed by atoms with van der Waals surface area (Å²) in [6.45, 7) is 1.07. The number of anilines is 1. The largest absolute Gasteiger partial charge is 0.399 e. The zero-order valence-electron chi connectivity index (χ0n) is 11.1. The van der Waals surface area contributed by atoms with Gasteiger partial charge in [-0.25, -0.2) is 0 Å². The first-order valence-electron chi connectivity index (χ1n) is 6.58. The van der Waals surface area contributed by atoms with Crippen molar-refractivity contribution in [1.82, 2.24) is 4.98 Å². The molecule has 0 bridgehead atoms. The lowest BCUT2D eigenvalue weighted by molar-refractivity contribution is 0.105. The second-order valence-electron chi connectivity index (χ2n) is 4.73. The maximum Gasteiger partial charge on any atom is 0.0892 e. The van der Waals surface area contributed by atoms with E-state index in [0.717, 1.165) is 27.8 Å².